The van der Waals surface area contributed by atoms with Crippen LogP contribution in [0.3, 0.4) is 0 Å². The molecule has 8 heteroatoms. The predicted molar refractivity (Wildman–Crippen MR) is 86.8 cm³/mol. The van der Waals surface area contributed by atoms with Crippen molar-refractivity contribution in [3.63, 3.8) is 0 Å². The molecule has 1 aliphatic rings. The zero-order valence-electron chi connectivity index (χ0n) is 12.9. The largest absolute Gasteiger partial charge is 0.485 e. The van der Waals surface area contributed by atoms with Gasteiger partial charge < -0.3 is 9.47 Å². The van der Waals surface area contributed by atoms with Crippen molar-refractivity contribution >= 4 is 11.9 Å². The Kier molecular flexibility index (Phi) is 3.77. The monoisotopic (exact) mass is 340 g/mol. The highest BCUT2D eigenvalue weighted by molar-refractivity contribution is 5.93. The van der Waals surface area contributed by atoms with Gasteiger partial charge in [-0.2, -0.15) is 4.98 Å². The molecule has 4 rings (SSSR count). The predicted octanol–water partition coefficient (Wildman–Crippen LogP) is 2.39. The van der Waals surface area contributed by atoms with E-state index in [1.807, 2.05) is 6.07 Å². The van der Waals surface area contributed by atoms with Crippen LogP contribution in [0.25, 0.3) is 11.4 Å². The minimum atomic E-state index is -0.803. The number of para-hydroxylation sites is 2. The zero-order valence-corrected chi connectivity index (χ0v) is 12.9. The number of carbonyl (C=O) groups is 1. The number of halogens is 1. The van der Waals surface area contributed by atoms with Crippen molar-refractivity contribution in [1.29, 1.82) is 0 Å². The highest BCUT2D eigenvalue weighted by atomic mass is 19.1. The van der Waals surface area contributed by atoms with Crippen molar-refractivity contribution in [3.8, 4) is 22.9 Å². The summed E-state index contributed by atoms with van der Waals surface area (Å²) in [7, 11) is 0. The number of hydrogen-bond acceptors (Lipinski definition) is 5. The average Bonchev–Trinajstić information content (AvgIpc) is 3.10. The second-order valence-corrected chi connectivity index (χ2v) is 5.37. The summed E-state index contributed by atoms with van der Waals surface area (Å²) in [6.45, 7) is 0.0953. The molecule has 0 saturated carbocycles. The van der Waals surface area contributed by atoms with Gasteiger partial charge in [0.15, 0.2) is 17.3 Å². The highest BCUT2D eigenvalue weighted by Crippen LogP contribution is 2.31. The van der Waals surface area contributed by atoms with Crippen LogP contribution in [0.2, 0.25) is 0 Å². The molecule has 0 aliphatic carbocycles. The van der Waals surface area contributed by atoms with E-state index in [0.29, 0.717) is 22.9 Å². The van der Waals surface area contributed by atoms with Gasteiger partial charge in [0.05, 0.1) is 0 Å². The first-order valence-electron chi connectivity index (χ1n) is 7.57. The Morgan fingerprint density at radius 3 is 2.72 bits per heavy atom. The number of aromatic nitrogens is 3. The Morgan fingerprint density at radius 2 is 1.92 bits per heavy atom. The van der Waals surface area contributed by atoms with Gasteiger partial charge >= 0.3 is 0 Å². The summed E-state index contributed by atoms with van der Waals surface area (Å²) < 4.78 is 24.1. The molecule has 0 radical (unpaired) electrons. The summed E-state index contributed by atoms with van der Waals surface area (Å²) >= 11 is 0. The van der Waals surface area contributed by atoms with Gasteiger partial charge in [0.1, 0.15) is 12.4 Å². The first kappa shape index (κ1) is 15.1. The average molecular weight is 340 g/mol. The molecule has 2 N–H and O–H groups in total. The van der Waals surface area contributed by atoms with Gasteiger partial charge in [0.2, 0.25) is 12.1 Å². The lowest BCUT2D eigenvalue weighted by Gasteiger charge is -2.25. The Morgan fingerprint density at radius 1 is 1.16 bits per heavy atom. The van der Waals surface area contributed by atoms with Gasteiger partial charge in [-0.05, 0) is 36.4 Å². The van der Waals surface area contributed by atoms with Gasteiger partial charge in [-0.15, -0.1) is 5.10 Å². The standard InChI is InChI=1S/C17H13FN4O3/c18-11-7-5-10(6-8-11)15-19-17(22-21-15)20-16(23)14-9-24-12-3-1-2-4-13(12)25-14/h1-8,14H,9H2,(H2,19,20,21,22,23). The summed E-state index contributed by atoms with van der Waals surface area (Å²) in [5, 5.41) is 9.20. The van der Waals surface area contributed by atoms with Crippen molar-refractivity contribution < 1.29 is 18.7 Å². The summed E-state index contributed by atoms with van der Waals surface area (Å²) in [5.74, 6) is 0.873. The maximum atomic E-state index is 13.0. The number of fused-ring (bicyclic) bond motifs is 1. The minimum absolute atomic E-state index is 0.0953. The van der Waals surface area contributed by atoms with Crippen LogP contribution >= 0.6 is 0 Å². The zero-order chi connectivity index (χ0) is 17.2. The van der Waals surface area contributed by atoms with Crippen LogP contribution in [0.1, 0.15) is 0 Å². The number of ether oxygens (including phenoxy) is 2. The van der Waals surface area contributed by atoms with Crippen LogP contribution in [-0.4, -0.2) is 33.8 Å². The molecule has 1 aromatic heterocycles. The molecular weight excluding hydrogens is 327 g/mol. The fourth-order valence-electron chi connectivity index (χ4n) is 2.39. The van der Waals surface area contributed by atoms with Crippen molar-refractivity contribution in [1.82, 2.24) is 15.2 Å². The van der Waals surface area contributed by atoms with Gasteiger partial charge in [-0.25, -0.2) is 4.39 Å². The van der Waals surface area contributed by atoms with Crippen LogP contribution in [0, 0.1) is 5.82 Å². The SMILES string of the molecule is O=C(Nc1n[nH]c(-c2ccc(F)cc2)n1)C1COc2ccccc2O1. The van der Waals surface area contributed by atoms with Gasteiger partial charge in [0.25, 0.3) is 5.91 Å². The molecule has 126 valence electrons. The van der Waals surface area contributed by atoms with Crippen molar-refractivity contribution in [2.75, 3.05) is 11.9 Å². The number of amides is 1. The summed E-state index contributed by atoms with van der Waals surface area (Å²) in [6.07, 6.45) is -0.803. The van der Waals surface area contributed by atoms with Crippen LogP contribution in [-0.2, 0) is 4.79 Å². The fraction of sp³-hybridized carbons (Fsp3) is 0.118. The molecule has 0 saturated heterocycles. The topological polar surface area (TPSA) is 89.1 Å². The number of benzene rings is 2. The second-order valence-electron chi connectivity index (χ2n) is 5.37. The van der Waals surface area contributed by atoms with Gasteiger partial charge in [-0.1, -0.05) is 12.1 Å². The Balaban J connectivity index is 1.44. The quantitative estimate of drug-likeness (QED) is 0.764. The normalized spacial score (nSPS) is 15.6. The summed E-state index contributed by atoms with van der Waals surface area (Å²) in [6, 6.07) is 12.9. The van der Waals surface area contributed by atoms with Crippen LogP contribution in [0.15, 0.2) is 48.5 Å². The molecule has 0 bridgehead atoms. The van der Waals surface area contributed by atoms with Crippen LogP contribution in [0.5, 0.6) is 11.5 Å². The Bertz CT molecular complexity index is 910. The van der Waals surface area contributed by atoms with Gasteiger partial charge in [0, 0.05) is 5.56 Å². The van der Waals surface area contributed by atoms with E-state index >= 15 is 0 Å². The number of nitrogens with zero attached hydrogens (tertiary/aromatic N) is 2. The van der Waals surface area contributed by atoms with E-state index < -0.39 is 12.0 Å². The third kappa shape index (κ3) is 3.14. The van der Waals surface area contributed by atoms with E-state index in [9.17, 15) is 9.18 Å². The van der Waals surface area contributed by atoms with Crippen molar-refractivity contribution in [2.45, 2.75) is 6.10 Å². The smallest absolute Gasteiger partial charge is 0.271 e. The second kappa shape index (κ2) is 6.23. The third-order valence-electron chi connectivity index (χ3n) is 3.64. The molecule has 2 heterocycles. The van der Waals surface area contributed by atoms with E-state index in [-0.39, 0.29) is 18.4 Å². The molecule has 2 aromatic carbocycles. The fourth-order valence-corrected chi connectivity index (χ4v) is 2.39. The lowest BCUT2D eigenvalue weighted by atomic mass is 10.2. The Hall–Kier alpha value is -3.42. The molecule has 1 atom stereocenters. The molecular formula is C17H13FN4O3. The summed E-state index contributed by atoms with van der Waals surface area (Å²) in [5.41, 5.74) is 0.653. The van der Waals surface area contributed by atoms with E-state index in [1.54, 1.807) is 30.3 Å². The molecule has 3 aromatic rings. The first-order chi connectivity index (χ1) is 12.2. The van der Waals surface area contributed by atoms with E-state index in [4.69, 9.17) is 9.47 Å². The minimum Gasteiger partial charge on any atom is -0.485 e. The molecule has 1 amide bonds. The molecule has 25 heavy (non-hydrogen) atoms. The number of nitrogens with one attached hydrogen (secondary N) is 2. The number of rotatable bonds is 3. The molecule has 0 spiro atoms. The Labute approximate surface area is 141 Å². The van der Waals surface area contributed by atoms with E-state index in [1.165, 1.54) is 12.1 Å². The lowest BCUT2D eigenvalue weighted by molar-refractivity contribution is -0.125. The molecule has 0 fully saturated rings. The third-order valence-corrected chi connectivity index (χ3v) is 3.64. The number of anilines is 1. The van der Waals surface area contributed by atoms with E-state index in [2.05, 4.69) is 20.5 Å². The maximum absolute atomic E-state index is 13.0. The molecule has 7 nitrogen and oxygen atoms in total. The maximum Gasteiger partial charge on any atom is 0.271 e. The summed E-state index contributed by atoms with van der Waals surface area (Å²) in [4.78, 5) is 16.5. The van der Waals surface area contributed by atoms with Crippen LogP contribution < -0.4 is 14.8 Å². The first-order valence-corrected chi connectivity index (χ1v) is 7.57. The lowest BCUT2D eigenvalue weighted by Crippen LogP contribution is -2.40. The number of H-pyrrole nitrogens is 1. The highest BCUT2D eigenvalue weighted by Gasteiger charge is 2.28. The number of aromatic amines is 1. The van der Waals surface area contributed by atoms with Crippen molar-refractivity contribution in [3.05, 3.63) is 54.3 Å². The number of hydrogen-bond donors (Lipinski definition) is 2. The van der Waals surface area contributed by atoms with E-state index in [0.717, 1.165) is 0 Å². The van der Waals surface area contributed by atoms with Crippen LogP contribution in [0.4, 0.5) is 10.3 Å². The molecule has 1 aliphatic heterocycles. The molecule has 1 unspecified atom stereocenters. The van der Waals surface area contributed by atoms with Gasteiger partial charge in [-0.3, -0.25) is 15.2 Å². The van der Waals surface area contributed by atoms with Crippen molar-refractivity contribution in [2.24, 2.45) is 0 Å². The number of carbonyl (C=O) groups excluding carboxylic acids is 1.